The molecule has 1 saturated heterocycles. The smallest absolute Gasteiger partial charge is 0.251 e. The molecule has 1 aromatic carbocycles. The van der Waals surface area contributed by atoms with Crippen LogP contribution in [0, 0.1) is 0 Å². The first-order valence-electron chi connectivity index (χ1n) is 8.46. The van der Waals surface area contributed by atoms with Crippen molar-refractivity contribution >= 4 is 23.3 Å². The largest absolute Gasteiger partial charge is 0.357 e. The molecule has 0 aliphatic carbocycles. The molecule has 0 spiro atoms. The van der Waals surface area contributed by atoms with Gasteiger partial charge in [-0.1, -0.05) is 36.6 Å². The SMILES string of the molecule is O=C(NCc1ccc(N2CCCCCC2)nc1)c1cccc(Cl)c1. The summed E-state index contributed by atoms with van der Waals surface area (Å²) in [6, 6.07) is 11.0. The number of amides is 1. The van der Waals surface area contributed by atoms with E-state index in [9.17, 15) is 4.79 Å². The van der Waals surface area contributed by atoms with Gasteiger partial charge < -0.3 is 10.2 Å². The van der Waals surface area contributed by atoms with E-state index in [0.717, 1.165) is 24.5 Å². The minimum atomic E-state index is -0.130. The van der Waals surface area contributed by atoms with Gasteiger partial charge in [0.2, 0.25) is 0 Å². The van der Waals surface area contributed by atoms with Gasteiger partial charge in [-0.05, 0) is 42.7 Å². The Bertz CT molecular complexity index is 679. The molecule has 0 unspecified atom stereocenters. The Labute approximate surface area is 147 Å². The summed E-state index contributed by atoms with van der Waals surface area (Å²) in [6.45, 7) is 2.62. The molecular weight excluding hydrogens is 322 g/mol. The van der Waals surface area contributed by atoms with Crippen molar-refractivity contribution in [2.75, 3.05) is 18.0 Å². The monoisotopic (exact) mass is 343 g/mol. The fraction of sp³-hybridized carbons (Fsp3) is 0.368. The van der Waals surface area contributed by atoms with Gasteiger partial charge in [-0.25, -0.2) is 4.98 Å². The van der Waals surface area contributed by atoms with Gasteiger partial charge >= 0.3 is 0 Å². The molecule has 0 bridgehead atoms. The Balaban J connectivity index is 1.57. The highest BCUT2D eigenvalue weighted by Gasteiger charge is 2.11. The molecule has 1 amide bonds. The van der Waals surface area contributed by atoms with Crippen LogP contribution in [-0.2, 0) is 6.54 Å². The molecule has 5 heteroatoms. The molecule has 1 aliphatic heterocycles. The van der Waals surface area contributed by atoms with E-state index in [0.29, 0.717) is 17.1 Å². The number of anilines is 1. The highest BCUT2D eigenvalue weighted by molar-refractivity contribution is 6.30. The number of halogens is 1. The van der Waals surface area contributed by atoms with E-state index in [-0.39, 0.29) is 5.91 Å². The molecule has 126 valence electrons. The highest BCUT2D eigenvalue weighted by atomic mass is 35.5. The molecule has 1 N–H and O–H groups in total. The van der Waals surface area contributed by atoms with Crippen molar-refractivity contribution in [2.24, 2.45) is 0 Å². The molecule has 2 aromatic rings. The Hall–Kier alpha value is -2.07. The molecule has 0 atom stereocenters. The highest BCUT2D eigenvalue weighted by Crippen LogP contribution is 2.17. The third-order valence-corrected chi connectivity index (χ3v) is 4.51. The molecule has 1 aromatic heterocycles. The van der Waals surface area contributed by atoms with E-state index >= 15 is 0 Å². The summed E-state index contributed by atoms with van der Waals surface area (Å²) < 4.78 is 0. The van der Waals surface area contributed by atoms with Gasteiger partial charge in [-0.3, -0.25) is 4.79 Å². The van der Waals surface area contributed by atoms with E-state index in [1.54, 1.807) is 24.3 Å². The molecule has 0 radical (unpaired) electrons. The third-order valence-electron chi connectivity index (χ3n) is 4.28. The maximum Gasteiger partial charge on any atom is 0.251 e. The quantitative estimate of drug-likeness (QED) is 0.911. The zero-order chi connectivity index (χ0) is 16.8. The van der Waals surface area contributed by atoms with Gasteiger partial charge in [0.05, 0.1) is 0 Å². The number of benzene rings is 1. The van der Waals surface area contributed by atoms with Crippen LogP contribution >= 0.6 is 11.6 Å². The summed E-state index contributed by atoms with van der Waals surface area (Å²) in [6.07, 6.45) is 6.94. The van der Waals surface area contributed by atoms with Crippen molar-refractivity contribution in [1.82, 2.24) is 10.3 Å². The second-order valence-corrected chi connectivity index (χ2v) is 6.56. The lowest BCUT2D eigenvalue weighted by molar-refractivity contribution is 0.0951. The van der Waals surface area contributed by atoms with Crippen molar-refractivity contribution < 1.29 is 4.79 Å². The van der Waals surface area contributed by atoms with Gasteiger partial charge in [0.1, 0.15) is 5.82 Å². The third kappa shape index (κ3) is 4.48. The van der Waals surface area contributed by atoms with E-state index < -0.39 is 0 Å². The number of nitrogens with zero attached hydrogens (tertiary/aromatic N) is 2. The molecule has 4 nitrogen and oxygen atoms in total. The van der Waals surface area contributed by atoms with Crippen molar-refractivity contribution in [2.45, 2.75) is 32.2 Å². The second-order valence-electron chi connectivity index (χ2n) is 6.12. The van der Waals surface area contributed by atoms with E-state index in [1.807, 2.05) is 18.3 Å². The number of hydrogen-bond acceptors (Lipinski definition) is 3. The average molecular weight is 344 g/mol. The fourth-order valence-corrected chi connectivity index (χ4v) is 3.11. The summed E-state index contributed by atoms with van der Waals surface area (Å²) in [5, 5.41) is 3.46. The minimum absolute atomic E-state index is 0.130. The Kier molecular flexibility index (Phi) is 5.70. The van der Waals surface area contributed by atoms with Crippen LogP contribution in [-0.4, -0.2) is 24.0 Å². The van der Waals surface area contributed by atoms with Gasteiger partial charge in [-0.2, -0.15) is 0 Å². The topological polar surface area (TPSA) is 45.2 Å². The Morgan fingerprint density at radius 2 is 1.92 bits per heavy atom. The second kappa shape index (κ2) is 8.15. The summed E-state index contributed by atoms with van der Waals surface area (Å²) in [5.41, 5.74) is 1.56. The van der Waals surface area contributed by atoms with Crippen LogP contribution in [0.5, 0.6) is 0 Å². The molecular formula is C19H22ClN3O. The van der Waals surface area contributed by atoms with Crippen molar-refractivity contribution in [3.05, 3.63) is 58.7 Å². The number of carbonyl (C=O) groups is 1. The Morgan fingerprint density at radius 3 is 2.58 bits per heavy atom. The Morgan fingerprint density at radius 1 is 1.12 bits per heavy atom. The van der Waals surface area contributed by atoms with E-state index in [1.165, 1.54) is 25.7 Å². The lowest BCUT2D eigenvalue weighted by Gasteiger charge is -2.21. The molecule has 2 heterocycles. The number of rotatable bonds is 4. The van der Waals surface area contributed by atoms with Gasteiger partial charge in [0.15, 0.2) is 0 Å². The molecule has 3 rings (SSSR count). The van der Waals surface area contributed by atoms with Crippen LogP contribution < -0.4 is 10.2 Å². The fourth-order valence-electron chi connectivity index (χ4n) is 2.92. The van der Waals surface area contributed by atoms with Crippen LogP contribution in [0.4, 0.5) is 5.82 Å². The van der Waals surface area contributed by atoms with E-state index in [4.69, 9.17) is 11.6 Å². The molecule has 1 fully saturated rings. The first kappa shape index (κ1) is 16.8. The van der Waals surface area contributed by atoms with Crippen LogP contribution in [0.2, 0.25) is 5.02 Å². The predicted octanol–water partition coefficient (Wildman–Crippen LogP) is 4.05. The summed E-state index contributed by atoms with van der Waals surface area (Å²) in [4.78, 5) is 19.0. The normalized spacial score (nSPS) is 15.0. The summed E-state index contributed by atoms with van der Waals surface area (Å²) in [7, 11) is 0. The standard InChI is InChI=1S/C19H22ClN3O/c20-17-7-5-6-16(12-17)19(24)22-14-15-8-9-18(21-13-15)23-10-3-1-2-4-11-23/h5-9,12-13H,1-4,10-11,14H2,(H,22,24). The number of nitrogens with one attached hydrogen (secondary N) is 1. The lowest BCUT2D eigenvalue weighted by Crippen LogP contribution is -2.25. The van der Waals surface area contributed by atoms with Crippen LogP contribution in [0.15, 0.2) is 42.6 Å². The van der Waals surface area contributed by atoms with Crippen LogP contribution in [0.1, 0.15) is 41.6 Å². The first-order chi connectivity index (χ1) is 11.7. The summed E-state index contributed by atoms with van der Waals surface area (Å²) >= 11 is 5.91. The maximum atomic E-state index is 12.1. The van der Waals surface area contributed by atoms with Crippen molar-refractivity contribution in [3.8, 4) is 0 Å². The van der Waals surface area contributed by atoms with Crippen molar-refractivity contribution in [3.63, 3.8) is 0 Å². The van der Waals surface area contributed by atoms with Crippen molar-refractivity contribution in [1.29, 1.82) is 0 Å². The molecule has 1 aliphatic rings. The summed E-state index contributed by atoms with van der Waals surface area (Å²) in [5.74, 6) is 0.899. The number of carbonyl (C=O) groups excluding carboxylic acids is 1. The number of hydrogen-bond donors (Lipinski definition) is 1. The van der Waals surface area contributed by atoms with Gasteiger partial charge in [0.25, 0.3) is 5.91 Å². The van der Waals surface area contributed by atoms with Gasteiger partial charge in [-0.15, -0.1) is 0 Å². The van der Waals surface area contributed by atoms with Crippen LogP contribution in [0.25, 0.3) is 0 Å². The average Bonchev–Trinajstić information content (AvgIpc) is 2.89. The minimum Gasteiger partial charge on any atom is -0.357 e. The molecule has 0 saturated carbocycles. The first-order valence-corrected chi connectivity index (χ1v) is 8.84. The lowest BCUT2D eigenvalue weighted by atomic mass is 10.2. The molecule has 24 heavy (non-hydrogen) atoms. The maximum absolute atomic E-state index is 12.1. The number of aromatic nitrogens is 1. The predicted molar refractivity (Wildman–Crippen MR) is 97.5 cm³/mol. The number of pyridine rings is 1. The zero-order valence-electron chi connectivity index (χ0n) is 13.7. The van der Waals surface area contributed by atoms with Gasteiger partial charge in [0, 0.05) is 36.4 Å². The van der Waals surface area contributed by atoms with E-state index in [2.05, 4.69) is 15.2 Å². The van der Waals surface area contributed by atoms with Crippen LogP contribution in [0.3, 0.4) is 0 Å². The zero-order valence-corrected chi connectivity index (χ0v) is 14.4.